The average molecular weight is 265 g/mol. The Morgan fingerprint density at radius 2 is 2.20 bits per heavy atom. The molecule has 2 aromatic rings. The van der Waals surface area contributed by atoms with Crippen LogP contribution in [0, 0.1) is 0 Å². The molecule has 0 radical (unpaired) electrons. The van der Waals surface area contributed by atoms with Crippen molar-refractivity contribution in [3.63, 3.8) is 0 Å². The van der Waals surface area contributed by atoms with Crippen LogP contribution in [0.25, 0.3) is 16.5 Å². The number of rotatable bonds is 3. The van der Waals surface area contributed by atoms with Crippen molar-refractivity contribution in [3.05, 3.63) is 42.2 Å². The fourth-order valence-corrected chi connectivity index (χ4v) is 1.78. The van der Waals surface area contributed by atoms with Gasteiger partial charge in [-0.1, -0.05) is 40.2 Å². The predicted molar refractivity (Wildman–Crippen MR) is 68.3 cm³/mol. The summed E-state index contributed by atoms with van der Waals surface area (Å²) in [6.45, 7) is 2.08. The molecule has 0 saturated carbocycles. The average Bonchev–Trinajstić information content (AvgIpc) is 2.69. The Balaban J connectivity index is 2.36. The molecular weight excluding hydrogens is 252 g/mol. The Bertz CT molecular complexity index is 449. The van der Waals surface area contributed by atoms with Crippen LogP contribution in [0.4, 0.5) is 0 Å². The second kappa shape index (κ2) is 4.67. The summed E-state index contributed by atoms with van der Waals surface area (Å²) in [5.74, 6) is 0.970. The van der Waals surface area contributed by atoms with Crippen molar-refractivity contribution in [3.8, 4) is 0 Å². The molecule has 0 atom stereocenters. The minimum absolute atomic E-state index is 0.957. The van der Waals surface area contributed by atoms with Crippen LogP contribution in [0.2, 0.25) is 0 Å². The van der Waals surface area contributed by atoms with E-state index >= 15 is 0 Å². The van der Waals surface area contributed by atoms with Crippen LogP contribution < -0.4 is 0 Å². The number of hydrogen-bond donors (Lipinski definition) is 0. The number of furan rings is 1. The monoisotopic (exact) mass is 264 g/mol. The van der Waals surface area contributed by atoms with Gasteiger partial charge in [0.2, 0.25) is 0 Å². The fourth-order valence-electron chi connectivity index (χ4n) is 1.55. The molecule has 1 aromatic heterocycles. The number of para-hydroxylation sites is 1. The van der Waals surface area contributed by atoms with E-state index in [4.69, 9.17) is 4.42 Å². The van der Waals surface area contributed by atoms with E-state index in [1.807, 2.05) is 18.2 Å². The molecule has 0 bridgehead atoms. The molecule has 78 valence electrons. The third-order valence-electron chi connectivity index (χ3n) is 2.37. The molecule has 0 saturated heterocycles. The Kier molecular flexibility index (Phi) is 3.27. The fraction of sp³-hybridized carbons (Fsp3) is 0.231. The lowest BCUT2D eigenvalue weighted by Gasteiger charge is -1.94. The maximum atomic E-state index is 5.74. The van der Waals surface area contributed by atoms with E-state index in [-0.39, 0.29) is 0 Å². The molecule has 0 aliphatic heterocycles. The summed E-state index contributed by atoms with van der Waals surface area (Å²) in [6.07, 6.45) is 3.22. The van der Waals surface area contributed by atoms with Crippen LogP contribution in [0.15, 0.2) is 40.8 Å². The molecule has 0 fully saturated rings. The molecule has 0 spiro atoms. The van der Waals surface area contributed by atoms with Crippen molar-refractivity contribution >= 4 is 32.5 Å². The first-order chi connectivity index (χ1) is 7.31. The zero-order valence-electron chi connectivity index (χ0n) is 8.66. The highest BCUT2D eigenvalue weighted by Gasteiger charge is 2.03. The Morgan fingerprint density at radius 1 is 1.40 bits per heavy atom. The molecule has 1 heterocycles. The summed E-state index contributed by atoms with van der Waals surface area (Å²) in [4.78, 5) is 0. The highest BCUT2D eigenvalue weighted by atomic mass is 79.9. The summed E-state index contributed by atoms with van der Waals surface area (Å²) < 4.78 is 5.74. The zero-order chi connectivity index (χ0) is 10.7. The molecule has 0 N–H and O–H groups in total. The second-order valence-electron chi connectivity index (χ2n) is 3.51. The van der Waals surface area contributed by atoms with E-state index in [0.717, 1.165) is 23.1 Å². The van der Waals surface area contributed by atoms with E-state index in [1.165, 1.54) is 11.0 Å². The lowest BCUT2D eigenvalue weighted by atomic mass is 10.2. The topological polar surface area (TPSA) is 13.1 Å². The third-order valence-corrected chi connectivity index (χ3v) is 2.83. The number of halogens is 1. The minimum atomic E-state index is 0.957. The first-order valence-corrected chi connectivity index (χ1v) is 6.15. The number of allylic oxidation sites excluding steroid dienone is 2. The number of fused-ring (bicyclic) bond motifs is 1. The second-order valence-corrected chi connectivity index (χ2v) is 4.31. The maximum absolute atomic E-state index is 5.74. The van der Waals surface area contributed by atoms with Gasteiger partial charge in [-0.3, -0.25) is 0 Å². The first kappa shape index (κ1) is 10.5. The van der Waals surface area contributed by atoms with E-state index in [0.29, 0.717) is 0 Å². The molecule has 0 amide bonds. The molecular formula is C13H13BrO. The minimum Gasteiger partial charge on any atom is -0.456 e. The molecule has 1 aromatic carbocycles. The van der Waals surface area contributed by atoms with Gasteiger partial charge in [0.1, 0.15) is 11.3 Å². The predicted octanol–water partition coefficient (Wildman–Crippen LogP) is 4.62. The first-order valence-electron chi connectivity index (χ1n) is 5.03. The van der Waals surface area contributed by atoms with Crippen molar-refractivity contribution in [1.82, 2.24) is 0 Å². The van der Waals surface area contributed by atoms with Crippen LogP contribution in [0.1, 0.15) is 19.1 Å². The van der Waals surface area contributed by atoms with Crippen LogP contribution in [0.5, 0.6) is 0 Å². The van der Waals surface area contributed by atoms with Gasteiger partial charge in [0, 0.05) is 10.7 Å². The molecule has 0 aliphatic rings. The molecule has 15 heavy (non-hydrogen) atoms. The maximum Gasteiger partial charge on any atom is 0.134 e. The highest BCUT2D eigenvalue weighted by Crippen LogP contribution is 2.24. The van der Waals surface area contributed by atoms with Gasteiger partial charge >= 0.3 is 0 Å². The summed E-state index contributed by atoms with van der Waals surface area (Å²) in [5.41, 5.74) is 2.16. The lowest BCUT2D eigenvalue weighted by molar-refractivity contribution is 0.599. The molecule has 2 rings (SSSR count). The lowest BCUT2D eigenvalue weighted by Crippen LogP contribution is -1.74. The van der Waals surface area contributed by atoms with E-state index in [1.54, 1.807) is 0 Å². The van der Waals surface area contributed by atoms with Crippen molar-refractivity contribution in [2.24, 2.45) is 0 Å². The molecule has 1 nitrogen and oxygen atoms in total. The van der Waals surface area contributed by atoms with Gasteiger partial charge in [0.05, 0.1) is 0 Å². The van der Waals surface area contributed by atoms with E-state index in [9.17, 15) is 0 Å². The summed E-state index contributed by atoms with van der Waals surface area (Å²) in [6, 6.07) is 10.2. The SMILES string of the molecule is C/C(=C/CCBr)c1cc2ccccc2o1. The smallest absolute Gasteiger partial charge is 0.134 e. The largest absolute Gasteiger partial charge is 0.456 e. The quantitative estimate of drug-likeness (QED) is 0.738. The van der Waals surface area contributed by atoms with Crippen molar-refractivity contribution in [1.29, 1.82) is 0 Å². The van der Waals surface area contributed by atoms with Crippen molar-refractivity contribution in [2.45, 2.75) is 13.3 Å². The summed E-state index contributed by atoms with van der Waals surface area (Å²) in [5, 5.41) is 2.16. The van der Waals surface area contributed by atoms with Crippen molar-refractivity contribution in [2.75, 3.05) is 5.33 Å². The van der Waals surface area contributed by atoms with E-state index in [2.05, 4.69) is 41.1 Å². The van der Waals surface area contributed by atoms with Crippen LogP contribution in [-0.4, -0.2) is 5.33 Å². The normalized spacial score (nSPS) is 12.3. The molecule has 0 aliphatic carbocycles. The van der Waals surface area contributed by atoms with Crippen LogP contribution >= 0.6 is 15.9 Å². The van der Waals surface area contributed by atoms with E-state index < -0.39 is 0 Å². The Hall–Kier alpha value is -1.02. The Morgan fingerprint density at radius 3 is 2.93 bits per heavy atom. The van der Waals surface area contributed by atoms with Gasteiger partial charge in [-0.25, -0.2) is 0 Å². The van der Waals surface area contributed by atoms with Gasteiger partial charge in [-0.15, -0.1) is 0 Å². The molecule has 0 unspecified atom stereocenters. The highest BCUT2D eigenvalue weighted by molar-refractivity contribution is 9.09. The standard InChI is InChI=1S/C13H13BrO/c1-10(5-4-8-14)13-9-11-6-2-3-7-12(11)15-13/h2-3,5-7,9H,4,8H2,1H3/b10-5-. The van der Waals surface area contributed by atoms with Gasteiger partial charge in [-0.05, 0) is 31.1 Å². The number of hydrogen-bond acceptors (Lipinski definition) is 1. The van der Waals surface area contributed by atoms with Crippen LogP contribution in [0.3, 0.4) is 0 Å². The molecule has 2 heteroatoms. The van der Waals surface area contributed by atoms with Gasteiger partial charge < -0.3 is 4.42 Å². The van der Waals surface area contributed by atoms with Gasteiger partial charge in [-0.2, -0.15) is 0 Å². The number of benzene rings is 1. The van der Waals surface area contributed by atoms with Gasteiger partial charge in [0.25, 0.3) is 0 Å². The summed E-state index contributed by atoms with van der Waals surface area (Å²) in [7, 11) is 0. The number of alkyl halides is 1. The third kappa shape index (κ3) is 2.32. The van der Waals surface area contributed by atoms with Crippen LogP contribution in [-0.2, 0) is 0 Å². The Labute approximate surface area is 97.9 Å². The van der Waals surface area contributed by atoms with Crippen molar-refractivity contribution < 1.29 is 4.42 Å². The zero-order valence-corrected chi connectivity index (χ0v) is 10.3. The van der Waals surface area contributed by atoms with Gasteiger partial charge in [0.15, 0.2) is 0 Å². The summed E-state index contributed by atoms with van der Waals surface area (Å²) >= 11 is 3.41.